The fourth-order valence-corrected chi connectivity index (χ4v) is 1.73. The summed E-state index contributed by atoms with van der Waals surface area (Å²) in [6.07, 6.45) is 0.549. The molecule has 0 unspecified atom stereocenters. The maximum absolute atomic E-state index is 10.3. The normalized spacial score (nSPS) is 10.7. The van der Waals surface area contributed by atoms with Crippen molar-refractivity contribution in [3.05, 3.63) is 46.7 Å². The van der Waals surface area contributed by atoms with Gasteiger partial charge in [0.05, 0.1) is 6.42 Å². The standard InChI is InChI=1S/C14H16N2O4/c1-9-3-4-11(5-10(9)2)6-12-15-16-13(20-12)7-19-8-14(17)18/h3-5H,6-8H2,1-2H3,(H,17,18). The summed E-state index contributed by atoms with van der Waals surface area (Å²) in [5.41, 5.74) is 3.55. The Morgan fingerprint density at radius 1 is 1.25 bits per heavy atom. The molecular formula is C14H16N2O4. The van der Waals surface area contributed by atoms with Crippen molar-refractivity contribution in [3.63, 3.8) is 0 Å². The number of hydrogen-bond acceptors (Lipinski definition) is 5. The van der Waals surface area contributed by atoms with Gasteiger partial charge in [-0.25, -0.2) is 4.79 Å². The first kappa shape index (κ1) is 14.2. The minimum atomic E-state index is -1.03. The second kappa shape index (κ2) is 6.29. The zero-order valence-electron chi connectivity index (χ0n) is 11.4. The van der Waals surface area contributed by atoms with Crippen LogP contribution in [-0.4, -0.2) is 27.9 Å². The van der Waals surface area contributed by atoms with Crippen LogP contribution in [0.15, 0.2) is 22.6 Å². The molecule has 0 bridgehead atoms. The van der Waals surface area contributed by atoms with Gasteiger partial charge in [0.25, 0.3) is 0 Å². The molecule has 0 saturated heterocycles. The lowest BCUT2D eigenvalue weighted by molar-refractivity contribution is -0.142. The molecule has 0 aliphatic rings. The number of nitrogens with zero attached hydrogens (tertiary/aromatic N) is 2. The van der Waals surface area contributed by atoms with E-state index in [2.05, 4.69) is 36.2 Å². The van der Waals surface area contributed by atoms with Crippen LogP contribution in [0.25, 0.3) is 0 Å². The molecule has 2 rings (SSSR count). The van der Waals surface area contributed by atoms with E-state index in [-0.39, 0.29) is 19.1 Å². The summed E-state index contributed by atoms with van der Waals surface area (Å²) in [5, 5.41) is 16.2. The highest BCUT2D eigenvalue weighted by Gasteiger charge is 2.08. The average molecular weight is 276 g/mol. The Hall–Kier alpha value is -2.21. The van der Waals surface area contributed by atoms with Gasteiger partial charge in [-0.05, 0) is 30.5 Å². The molecule has 2 aromatic rings. The summed E-state index contributed by atoms with van der Waals surface area (Å²) < 4.78 is 10.3. The first-order valence-electron chi connectivity index (χ1n) is 6.21. The van der Waals surface area contributed by atoms with Crippen LogP contribution in [-0.2, 0) is 22.6 Å². The second-order valence-corrected chi connectivity index (χ2v) is 4.57. The fourth-order valence-electron chi connectivity index (χ4n) is 1.73. The van der Waals surface area contributed by atoms with E-state index in [1.165, 1.54) is 11.1 Å². The maximum Gasteiger partial charge on any atom is 0.329 e. The molecule has 0 aliphatic heterocycles. The minimum absolute atomic E-state index is 0.00618. The van der Waals surface area contributed by atoms with Crippen LogP contribution in [0.1, 0.15) is 28.5 Å². The first-order valence-corrected chi connectivity index (χ1v) is 6.21. The van der Waals surface area contributed by atoms with Crippen LogP contribution in [0.2, 0.25) is 0 Å². The summed E-state index contributed by atoms with van der Waals surface area (Å²) in [4.78, 5) is 10.3. The summed E-state index contributed by atoms with van der Waals surface area (Å²) in [6.45, 7) is 3.74. The summed E-state index contributed by atoms with van der Waals surface area (Å²) in [5.74, 6) is -0.257. The third-order valence-corrected chi connectivity index (χ3v) is 2.89. The summed E-state index contributed by atoms with van der Waals surface area (Å²) in [6, 6.07) is 6.16. The number of aromatic nitrogens is 2. The number of carboxylic acid groups (broad SMARTS) is 1. The Morgan fingerprint density at radius 2 is 2.00 bits per heavy atom. The van der Waals surface area contributed by atoms with Crippen LogP contribution in [0.4, 0.5) is 0 Å². The first-order chi connectivity index (χ1) is 9.54. The molecule has 0 spiro atoms. The molecule has 1 N–H and O–H groups in total. The van der Waals surface area contributed by atoms with Crippen molar-refractivity contribution >= 4 is 5.97 Å². The number of hydrogen-bond donors (Lipinski definition) is 1. The van der Waals surface area contributed by atoms with E-state index in [1.54, 1.807) is 0 Å². The van der Waals surface area contributed by atoms with Crippen LogP contribution < -0.4 is 0 Å². The van der Waals surface area contributed by atoms with Crippen LogP contribution in [0.5, 0.6) is 0 Å². The van der Waals surface area contributed by atoms with E-state index in [0.29, 0.717) is 12.3 Å². The quantitative estimate of drug-likeness (QED) is 0.867. The smallest absolute Gasteiger partial charge is 0.329 e. The number of rotatable bonds is 6. The van der Waals surface area contributed by atoms with Crippen molar-refractivity contribution in [2.45, 2.75) is 26.9 Å². The highest BCUT2D eigenvalue weighted by Crippen LogP contribution is 2.13. The van der Waals surface area contributed by atoms with E-state index < -0.39 is 5.97 Å². The molecule has 20 heavy (non-hydrogen) atoms. The van der Waals surface area contributed by atoms with E-state index in [9.17, 15) is 4.79 Å². The Balaban J connectivity index is 1.95. The predicted molar refractivity (Wildman–Crippen MR) is 70.3 cm³/mol. The van der Waals surface area contributed by atoms with Crippen molar-refractivity contribution in [3.8, 4) is 0 Å². The van der Waals surface area contributed by atoms with Crippen molar-refractivity contribution in [2.24, 2.45) is 0 Å². The van der Waals surface area contributed by atoms with Gasteiger partial charge in [0.1, 0.15) is 13.2 Å². The van der Waals surface area contributed by atoms with Gasteiger partial charge in [0.2, 0.25) is 11.8 Å². The van der Waals surface area contributed by atoms with Crippen molar-refractivity contribution in [1.82, 2.24) is 10.2 Å². The maximum atomic E-state index is 10.3. The average Bonchev–Trinajstić information content (AvgIpc) is 2.81. The number of aryl methyl sites for hydroxylation is 2. The van der Waals surface area contributed by atoms with Gasteiger partial charge in [-0.2, -0.15) is 0 Å². The lowest BCUT2D eigenvalue weighted by Crippen LogP contribution is -2.06. The number of carboxylic acids is 1. The molecule has 6 heteroatoms. The molecule has 0 aliphatic carbocycles. The molecule has 0 saturated carbocycles. The minimum Gasteiger partial charge on any atom is -0.480 e. The SMILES string of the molecule is Cc1ccc(Cc2nnc(COCC(=O)O)o2)cc1C. The summed E-state index contributed by atoms with van der Waals surface area (Å²) >= 11 is 0. The van der Waals surface area contributed by atoms with Crippen LogP contribution in [0.3, 0.4) is 0 Å². The van der Waals surface area contributed by atoms with E-state index >= 15 is 0 Å². The van der Waals surface area contributed by atoms with E-state index in [4.69, 9.17) is 14.3 Å². The molecule has 6 nitrogen and oxygen atoms in total. The highest BCUT2D eigenvalue weighted by molar-refractivity contribution is 5.67. The summed E-state index contributed by atoms with van der Waals surface area (Å²) in [7, 11) is 0. The third-order valence-electron chi connectivity index (χ3n) is 2.89. The van der Waals surface area contributed by atoms with Gasteiger partial charge in [0, 0.05) is 0 Å². The van der Waals surface area contributed by atoms with Gasteiger partial charge < -0.3 is 14.3 Å². The zero-order chi connectivity index (χ0) is 14.5. The van der Waals surface area contributed by atoms with Crippen LogP contribution in [0, 0.1) is 13.8 Å². The fraction of sp³-hybridized carbons (Fsp3) is 0.357. The monoisotopic (exact) mass is 276 g/mol. The van der Waals surface area contributed by atoms with Gasteiger partial charge in [-0.1, -0.05) is 18.2 Å². The molecule has 0 amide bonds. The van der Waals surface area contributed by atoms with E-state index in [1.807, 2.05) is 6.07 Å². The Bertz CT molecular complexity index is 607. The van der Waals surface area contributed by atoms with Gasteiger partial charge in [0.15, 0.2) is 0 Å². The lowest BCUT2D eigenvalue weighted by Gasteiger charge is -2.02. The Kier molecular flexibility index (Phi) is 4.47. The van der Waals surface area contributed by atoms with Gasteiger partial charge >= 0.3 is 5.97 Å². The molecule has 0 fully saturated rings. The second-order valence-electron chi connectivity index (χ2n) is 4.57. The highest BCUT2D eigenvalue weighted by atomic mass is 16.5. The molecule has 1 aromatic carbocycles. The van der Waals surface area contributed by atoms with Gasteiger partial charge in [-0.15, -0.1) is 10.2 Å². The largest absolute Gasteiger partial charge is 0.480 e. The molecule has 1 aromatic heterocycles. The van der Waals surface area contributed by atoms with Gasteiger partial charge in [-0.3, -0.25) is 0 Å². The molecule has 0 radical (unpaired) electrons. The number of benzene rings is 1. The van der Waals surface area contributed by atoms with Crippen molar-refractivity contribution in [1.29, 1.82) is 0 Å². The lowest BCUT2D eigenvalue weighted by atomic mass is 10.0. The topological polar surface area (TPSA) is 85.5 Å². The predicted octanol–water partition coefficient (Wildman–Crippen LogP) is 1.88. The Labute approximate surface area is 116 Å². The van der Waals surface area contributed by atoms with E-state index in [0.717, 1.165) is 5.56 Å². The number of carbonyl (C=O) groups is 1. The number of ether oxygens (including phenoxy) is 1. The van der Waals surface area contributed by atoms with Crippen molar-refractivity contribution < 1.29 is 19.1 Å². The van der Waals surface area contributed by atoms with Crippen molar-refractivity contribution in [2.75, 3.05) is 6.61 Å². The molecular weight excluding hydrogens is 260 g/mol. The third kappa shape index (κ3) is 3.89. The Morgan fingerprint density at radius 3 is 2.70 bits per heavy atom. The zero-order valence-corrected chi connectivity index (χ0v) is 11.4. The van der Waals surface area contributed by atoms with Crippen LogP contribution >= 0.6 is 0 Å². The number of aliphatic carboxylic acids is 1. The molecule has 0 atom stereocenters. The molecule has 106 valence electrons. The molecule has 1 heterocycles.